The summed E-state index contributed by atoms with van der Waals surface area (Å²) in [5.74, 6) is 0. The summed E-state index contributed by atoms with van der Waals surface area (Å²) in [5, 5.41) is 4.38. The smallest absolute Gasteiger partial charge is 0.178 e. The third-order valence-corrected chi connectivity index (χ3v) is 4.54. The molecule has 3 heteroatoms. The van der Waals surface area contributed by atoms with Crippen molar-refractivity contribution in [2.24, 2.45) is 5.73 Å². The second-order valence-corrected chi connectivity index (χ2v) is 6.06. The lowest BCUT2D eigenvalue weighted by Crippen LogP contribution is -1.94. The molecule has 0 aliphatic rings. The van der Waals surface area contributed by atoms with E-state index in [1.165, 1.54) is 5.56 Å². The molecule has 0 atom stereocenters. The predicted molar refractivity (Wildman–Crippen MR) is 93.6 cm³/mol. The summed E-state index contributed by atoms with van der Waals surface area (Å²) in [4.78, 5) is 0. The van der Waals surface area contributed by atoms with Gasteiger partial charge in [-0.15, -0.1) is 0 Å². The van der Waals surface area contributed by atoms with Crippen molar-refractivity contribution in [3.8, 4) is 0 Å². The van der Waals surface area contributed by atoms with Crippen molar-refractivity contribution >= 4 is 43.9 Å². The van der Waals surface area contributed by atoms with Gasteiger partial charge in [0.05, 0.1) is 0 Å². The zero-order valence-electron chi connectivity index (χ0n) is 12.7. The first-order valence-electron chi connectivity index (χ1n) is 7.72. The van der Waals surface area contributed by atoms with E-state index in [0.29, 0.717) is 6.54 Å². The molecule has 5 rings (SSSR count). The quantitative estimate of drug-likeness (QED) is 0.460. The van der Waals surface area contributed by atoms with Gasteiger partial charge in [-0.05, 0) is 42.3 Å². The van der Waals surface area contributed by atoms with Crippen LogP contribution in [0.15, 0.2) is 57.4 Å². The van der Waals surface area contributed by atoms with Crippen LogP contribution in [-0.4, -0.2) is 0 Å². The van der Waals surface area contributed by atoms with E-state index in [4.69, 9.17) is 14.6 Å². The predicted octanol–water partition coefficient (Wildman–Crippen LogP) is 5.25. The van der Waals surface area contributed by atoms with Crippen molar-refractivity contribution in [2.75, 3.05) is 0 Å². The maximum absolute atomic E-state index is 6.12. The maximum Gasteiger partial charge on any atom is 0.178 e. The van der Waals surface area contributed by atoms with Gasteiger partial charge in [0.2, 0.25) is 0 Å². The van der Waals surface area contributed by atoms with E-state index in [9.17, 15) is 0 Å². The highest BCUT2D eigenvalue weighted by Gasteiger charge is 2.15. The second kappa shape index (κ2) is 4.37. The molecule has 0 saturated carbocycles. The lowest BCUT2D eigenvalue weighted by atomic mass is 10.1. The molecule has 2 aromatic heterocycles. The zero-order valence-corrected chi connectivity index (χ0v) is 12.7. The third kappa shape index (κ3) is 1.68. The Kier molecular flexibility index (Phi) is 2.42. The zero-order chi connectivity index (χ0) is 15.6. The molecule has 2 heterocycles. The first-order valence-corrected chi connectivity index (χ1v) is 7.72. The van der Waals surface area contributed by atoms with E-state index in [0.717, 1.165) is 49.4 Å². The highest BCUT2D eigenvalue weighted by molar-refractivity contribution is 6.18. The lowest BCUT2D eigenvalue weighted by Gasteiger charge is -1.94. The summed E-state index contributed by atoms with van der Waals surface area (Å²) < 4.78 is 12.2. The molecule has 0 amide bonds. The van der Waals surface area contributed by atoms with Crippen molar-refractivity contribution in [1.29, 1.82) is 0 Å². The van der Waals surface area contributed by atoms with Crippen LogP contribution in [0.5, 0.6) is 0 Å². The molecule has 0 saturated heterocycles. The van der Waals surface area contributed by atoms with Crippen LogP contribution in [0, 0.1) is 6.92 Å². The fraction of sp³-hybridized carbons (Fsp3) is 0.100. The van der Waals surface area contributed by atoms with E-state index in [-0.39, 0.29) is 0 Å². The molecular weight excluding hydrogens is 286 g/mol. The fourth-order valence-corrected chi connectivity index (χ4v) is 3.35. The molecule has 3 nitrogen and oxygen atoms in total. The van der Waals surface area contributed by atoms with Gasteiger partial charge in [-0.25, -0.2) is 0 Å². The molecule has 0 fully saturated rings. The first-order chi connectivity index (χ1) is 11.2. The van der Waals surface area contributed by atoms with Gasteiger partial charge in [0.15, 0.2) is 11.2 Å². The summed E-state index contributed by atoms with van der Waals surface area (Å²) in [6, 6.07) is 16.6. The average molecular weight is 301 g/mol. The summed E-state index contributed by atoms with van der Waals surface area (Å²) >= 11 is 0. The van der Waals surface area contributed by atoms with Crippen LogP contribution in [0.2, 0.25) is 0 Å². The number of aryl methyl sites for hydroxylation is 1. The maximum atomic E-state index is 6.12. The van der Waals surface area contributed by atoms with Crippen molar-refractivity contribution in [3.05, 3.63) is 59.7 Å². The van der Waals surface area contributed by atoms with Gasteiger partial charge in [-0.2, -0.15) is 0 Å². The van der Waals surface area contributed by atoms with Crippen LogP contribution in [0.3, 0.4) is 0 Å². The van der Waals surface area contributed by atoms with Gasteiger partial charge < -0.3 is 14.6 Å². The van der Waals surface area contributed by atoms with Crippen molar-refractivity contribution < 1.29 is 8.83 Å². The SMILES string of the molecule is Cc1ccc2c(c1)oc1c2ccc2c3ccc(CN)cc3oc21. The number of benzene rings is 3. The van der Waals surface area contributed by atoms with Crippen LogP contribution in [0.25, 0.3) is 43.9 Å². The van der Waals surface area contributed by atoms with Gasteiger partial charge in [-0.1, -0.05) is 24.3 Å². The fourth-order valence-electron chi connectivity index (χ4n) is 3.35. The van der Waals surface area contributed by atoms with E-state index >= 15 is 0 Å². The topological polar surface area (TPSA) is 52.3 Å². The Labute approximate surface area is 132 Å². The number of furan rings is 2. The number of nitrogens with two attached hydrogens (primary N) is 1. The van der Waals surface area contributed by atoms with Gasteiger partial charge in [0, 0.05) is 28.1 Å². The summed E-state index contributed by atoms with van der Waals surface area (Å²) in [5.41, 5.74) is 11.4. The third-order valence-electron chi connectivity index (χ3n) is 4.54. The molecule has 0 unspecified atom stereocenters. The van der Waals surface area contributed by atoms with E-state index < -0.39 is 0 Å². The second-order valence-electron chi connectivity index (χ2n) is 6.06. The molecule has 5 aromatic rings. The number of hydrogen-bond donors (Lipinski definition) is 1. The largest absolute Gasteiger partial charge is 0.452 e. The highest BCUT2D eigenvalue weighted by atomic mass is 16.4. The van der Waals surface area contributed by atoms with Gasteiger partial charge >= 0.3 is 0 Å². The molecule has 23 heavy (non-hydrogen) atoms. The summed E-state index contributed by atoms with van der Waals surface area (Å²) in [6.45, 7) is 2.57. The summed E-state index contributed by atoms with van der Waals surface area (Å²) in [6.07, 6.45) is 0. The minimum absolute atomic E-state index is 0.506. The normalized spacial score (nSPS) is 12.1. The Morgan fingerprint density at radius 2 is 1.30 bits per heavy atom. The van der Waals surface area contributed by atoms with Crippen LogP contribution >= 0.6 is 0 Å². The summed E-state index contributed by atoms with van der Waals surface area (Å²) in [7, 11) is 0. The van der Waals surface area contributed by atoms with Crippen LogP contribution in [0.1, 0.15) is 11.1 Å². The molecule has 0 bridgehead atoms. The van der Waals surface area contributed by atoms with Crippen molar-refractivity contribution in [2.45, 2.75) is 13.5 Å². The Morgan fingerprint density at radius 3 is 1.96 bits per heavy atom. The van der Waals surface area contributed by atoms with Crippen molar-refractivity contribution in [3.63, 3.8) is 0 Å². The van der Waals surface area contributed by atoms with Crippen molar-refractivity contribution in [1.82, 2.24) is 0 Å². The minimum atomic E-state index is 0.506. The lowest BCUT2D eigenvalue weighted by molar-refractivity contribution is 0.633. The Morgan fingerprint density at radius 1 is 0.739 bits per heavy atom. The van der Waals surface area contributed by atoms with E-state index in [1.807, 2.05) is 12.1 Å². The van der Waals surface area contributed by atoms with Gasteiger partial charge in [0.25, 0.3) is 0 Å². The Hall–Kier alpha value is -2.78. The molecule has 0 aliphatic carbocycles. The van der Waals surface area contributed by atoms with Crippen LogP contribution in [-0.2, 0) is 6.54 Å². The number of hydrogen-bond acceptors (Lipinski definition) is 3. The first kappa shape index (κ1) is 12.7. The molecule has 3 aromatic carbocycles. The van der Waals surface area contributed by atoms with E-state index in [2.05, 4.69) is 43.3 Å². The van der Waals surface area contributed by atoms with Crippen LogP contribution < -0.4 is 5.73 Å². The van der Waals surface area contributed by atoms with Gasteiger partial charge in [0.1, 0.15) is 11.2 Å². The molecule has 0 aliphatic heterocycles. The minimum Gasteiger partial charge on any atom is -0.452 e. The Balaban J connectivity index is 1.96. The molecule has 0 radical (unpaired) electrons. The van der Waals surface area contributed by atoms with Crippen LogP contribution in [0.4, 0.5) is 0 Å². The monoisotopic (exact) mass is 301 g/mol. The standard InChI is InChI=1S/C20H15NO2/c1-11-2-4-13-15-6-7-16-14-5-3-12(10-21)9-18(14)23-20(16)19(15)22-17(13)8-11/h2-9H,10,21H2,1H3. The average Bonchev–Trinajstić information content (AvgIpc) is 3.11. The van der Waals surface area contributed by atoms with E-state index in [1.54, 1.807) is 0 Å². The molecule has 2 N–H and O–H groups in total. The Bertz CT molecular complexity index is 1210. The molecular formula is C20H15NO2. The molecule has 0 spiro atoms. The number of rotatable bonds is 1. The highest BCUT2D eigenvalue weighted by Crippen LogP contribution is 2.38. The van der Waals surface area contributed by atoms with Gasteiger partial charge in [-0.3, -0.25) is 0 Å². The molecule has 112 valence electrons. The number of fused-ring (bicyclic) bond motifs is 7.